The van der Waals surface area contributed by atoms with E-state index >= 15 is 0 Å². The van der Waals surface area contributed by atoms with Crippen molar-refractivity contribution >= 4 is 12.1 Å². The first kappa shape index (κ1) is 18.7. The Hall–Kier alpha value is -2.34. The maximum atomic E-state index is 12.1. The molecule has 6 nitrogen and oxygen atoms in total. The lowest BCUT2D eigenvalue weighted by Gasteiger charge is -2.25. The molecule has 0 saturated heterocycles. The third-order valence-corrected chi connectivity index (χ3v) is 2.73. The fraction of sp³-hybridized carbons (Fsp3) is 0.412. The molecule has 0 fully saturated rings. The van der Waals surface area contributed by atoms with Crippen molar-refractivity contribution in [2.75, 3.05) is 0 Å². The Kier molecular flexibility index (Phi) is 6.78. The van der Waals surface area contributed by atoms with Crippen LogP contribution in [0.3, 0.4) is 0 Å². The molecule has 1 aromatic carbocycles. The first-order valence-corrected chi connectivity index (χ1v) is 7.23. The van der Waals surface area contributed by atoms with Crippen LogP contribution in [0, 0.1) is 0 Å². The monoisotopic (exact) mass is 321 g/mol. The Balaban J connectivity index is 2.64. The lowest BCUT2D eigenvalue weighted by Crippen LogP contribution is -2.50. The Labute approximate surface area is 136 Å². The topological polar surface area (TPSA) is 84.9 Å². The number of amides is 1. The van der Waals surface area contributed by atoms with Gasteiger partial charge in [0.1, 0.15) is 18.3 Å². The van der Waals surface area contributed by atoms with Gasteiger partial charge in [-0.1, -0.05) is 36.4 Å². The SMILES string of the molecule is C=CC(O)[C@H](NC(=O)OCc1ccccc1)C(=O)OC(C)(C)C. The Morgan fingerprint density at radius 2 is 1.91 bits per heavy atom. The van der Waals surface area contributed by atoms with E-state index < -0.39 is 29.8 Å². The van der Waals surface area contributed by atoms with Gasteiger partial charge in [0.05, 0.1) is 0 Å². The van der Waals surface area contributed by atoms with Crippen LogP contribution in [-0.4, -0.2) is 34.9 Å². The van der Waals surface area contributed by atoms with Gasteiger partial charge in [0.15, 0.2) is 6.04 Å². The highest BCUT2D eigenvalue weighted by molar-refractivity contribution is 5.82. The third kappa shape index (κ3) is 6.97. The minimum absolute atomic E-state index is 0.0535. The van der Waals surface area contributed by atoms with E-state index in [1.54, 1.807) is 32.9 Å². The normalized spacial score (nSPS) is 13.6. The van der Waals surface area contributed by atoms with E-state index in [1.807, 2.05) is 18.2 Å². The molecule has 1 unspecified atom stereocenters. The molecule has 2 atom stereocenters. The molecule has 23 heavy (non-hydrogen) atoms. The van der Waals surface area contributed by atoms with Crippen molar-refractivity contribution in [3.63, 3.8) is 0 Å². The summed E-state index contributed by atoms with van der Waals surface area (Å²) in [5, 5.41) is 12.1. The predicted octanol–water partition coefficient (Wildman–Crippen LogP) is 2.17. The molecular formula is C17H23NO5. The van der Waals surface area contributed by atoms with Crippen LogP contribution in [0.4, 0.5) is 4.79 Å². The molecule has 1 rings (SSSR count). The van der Waals surface area contributed by atoms with Crippen LogP contribution in [0.2, 0.25) is 0 Å². The molecule has 0 bridgehead atoms. The largest absolute Gasteiger partial charge is 0.458 e. The maximum absolute atomic E-state index is 12.1. The van der Waals surface area contributed by atoms with Crippen LogP contribution >= 0.6 is 0 Å². The second-order valence-electron chi connectivity index (χ2n) is 5.94. The highest BCUT2D eigenvalue weighted by Crippen LogP contribution is 2.11. The maximum Gasteiger partial charge on any atom is 0.408 e. The van der Waals surface area contributed by atoms with Crippen molar-refractivity contribution in [1.29, 1.82) is 0 Å². The number of hydrogen-bond acceptors (Lipinski definition) is 5. The van der Waals surface area contributed by atoms with Gasteiger partial charge in [0.2, 0.25) is 0 Å². The number of ether oxygens (including phenoxy) is 2. The molecule has 0 aliphatic heterocycles. The number of alkyl carbamates (subject to hydrolysis) is 1. The zero-order valence-corrected chi connectivity index (χ0v) is 13.6. The van der Waals surface area contributed by atoms with Crippen molar-refractivity contribution in [2.24, 2.45) is 0 Å². The molecule has 0 aliphatic rings. The molecule has 0 spiro atoms. The molecule has 126 valence electrons. The first-order valence-electron chi connectivity index (χ1n) is 7.23. The summed E-state index contributed by atoms with van der Waals surface area (Å²) in [5.74, 6) is -0.762. The minimum Gasteiger partial charge on any atom is -0.458 e. The van der Waals surface area contributed by atoms with Gasteiger partial charge in [-0.15, -0.1) is 6.58 Å². The number of benzene rings is 1. The molecule has 2 N–H and O–H groups in total. The van der Waals surface area contributed by atoms with Gasteiger partial charge in [-0.3, -0.25) is 0 Å². The molecule has 6 heteroatoms. The zero-order chi connectivity index (χ0) is 17.5. The van der Waals surface area contributed by atoms with Crippen molar-refractivity contribution in [2.45, 2.75) is 45.1 Å². The average Bonchev–Trinajstić information content (AvgIpc) is 2.49. The number of nitrogens with one attached hydrogen (secondary N) is 1. The molecular weight excluding hydrogens is 298 g/mol. The second-order valence-corrected chi connectivity index (χ2v) is 5.94. The van der Waals surface area contributed by atoms with Crippen LogP contribution in [0.25, 0.3) is 0 Å². The summed E-state index contributed by atoms with van der Waals surface area (Å²) in [6, 6.07) is 7.81. The number of hydrogen-bond donors (Lipinski definition) is 2. The van der Waals surface area contributed by atoms with E-state index in [4.69, 9.17) is 9.47 Å². The number of aliphatic hydroxyl groups excluding tert-OH is 1. The number of aliphatic hydroxyl groups is 1. The number of carbonyl (C=O) groups excluding carboxylic acids is 2. The first-order chi connectivity index (χ1) is 10.7. The average molecular weight is 321 g/mol. The lowest BCUT2D eigenvalue weighted by molar-refractivity contribution is -0.159. The van der Waals surface area contributed by atoms with Crippen molar-refractivity contribution in [3.05, 3.63) is 48.6 Å². The van der Waals surface area contributed by atoms with Gasteiger partial charge in [0, 0.05) is 0 Å². The van der Waals surface area contributed by atoms with Gasteiger partial charge in [-0.2, -0.15) is 0 Å². The summed E-state index contributed by atoms with van der Waals surface area (Å²) in [6.45, 7) is 8.54. The smallest absolute Gasteiger partial charge is 0.408 e. The van der Waals surface area contributed by atoms with Gasteiger partial charge in [0.25, 0.3) is 0 Å². The highest BCUT2D eigenvalue weighted by Gasteiger charge is 2.31. The molecule has 0 aliphatic carbocycles. The summed E-state index contributed by atoms with van der Waals surface area (Å²) in [6.07, 6.45) is -0.966. The third-order valence-electron chi connectivity index (χ3n) is 2.73. The van der Waals surface area contributed by atoms with E-state index in [0.29, 0.717) is 0 Å². The quantitative estimate of drug-likeness (QED) is 0.619. The summed E-state index contributed by atoms with van der Waals surface area (Å²) >= 11 is 0. The van der Waals surface area contributed by atoms with Crippen molar-refractivity contribution < 1.29 is 24.2 Å². The van der Waals surface area contributed by atoms with E-state index in [1.165, 1.54) is 0 Å². The van der Waals surface area contributed by atoms with E-state index in [-0.39, 0.29) is 6.61 Å². The lowest BCUT2D eigenvalue weighted by atomic mass is 10.1. The standard InChI is InChI=1S/C17H23NO5/c1-5-13(19)14(15(20)23-17(2,3)4)18-16(21)22-11-12-9-7-6-8-10-12/h5-10,13-14,19H,1,11H2,2-4H3,(H,18,21)/t13?,14-/m0/s1. The molecule has 0 saturated carbocycles. The number of esters is 1. The fourth-order valence-corrected chi connectivity index (χ4v) is 1.68. The molecule has 0 aromatic heterocycles. The van der Waals surface area contributed by atoms with Gasteiger partial charge in [-0.25, -0.2) is 9.59 Å². The summed E-state index contributed by atoms with van der Waals surface area (Å²) in [7, 11) is 0. The molecule has 0 radical (unpaired) electrons. The highest BCUT2D eigenvalue weighted by atomic mass is 16.6. The summed E-state index contributed by atoms with van der Waals surface area (Å²) in [4.78, 5) is 23.9. The predicted molar refractivity (Wildman–Crippen MR) is 85.6 cm³/mol. The van der Waals surface area contributed by atoms with Crippen molar-refractivity contribution in [1.82, 2.24) is 5.32 Å². The molecule has 1 aromatic rings. The van der Waals surface area contributed by atoms with Crippen molar-refractivity contribution in [3.8, 4) is 0 Å². The van der Waals surface area contributed by atoms with E-state index in [0.717, 1.165) is 11.6 Å². The number of rotatable bonds is 6. The van der Waals surface area contributed by atoms with Crippen LogP contribution in [0.15, 0.2) is 43.0 Å². The van der Waals surface area contributed by atoms with E-state index in [9.17, 15) is 14.7 Å². The Bertz CT molecular complexity index is 536. The van der Waals surface area contributed by atoms with Crippen LogP contribution in [0.1, 0.15) is 26.3 Å². The molecule has 1 amide bonds. The minimum atomic E-state index is -1.28. The van der Waals surface area contributed by atoms with Crippen LogP contribution < -0.4 is 5.32 Å². The number of carbonyl (C=O) groups is 2. The van der Waals surface area contributed by atoms with Gasteiger partial charge in [-0.05, 0) is 26.3 Å². The van der Waals surface area contributed by atoms with Crippen LogP contribution in [-0.2, 0) is 20.9 Å². The van der Waals surface area contributed by atoms with Gasteiger partial charge >= 0.3 is 12.1 Å². The van der Waals surface area contributed by atoms with Gasteiger partial charge < -0.3 is 19.9 Å². The fourth-order valence-electron chi connectivity index (χ4n) is 1.68. The summed E-state index contributed by atoms with van der Waals surface area (Å²) < 4.78 is 10.2. The van der Waals surface area contributed by atoms with Crippen LogP contribution in [0.5, 0.6) is 0 Å². The molecule has 0 heterocycles. The second kappa shape index (κ2) is 8.33. The Morgan fingerprint density at radius 1 is 1.30 bits per heavy atom. The zero-order valence-electron chi connectivity index (χ0n) is 13.6. The Morgan fingerprint density at radius 3 is 2.43 bits per heavy atom. The summed E-state index contributed by atoms with van der Waals surface area (Å²) in [5.41, 5.74) is 0.0620. The van der Waals surface area contributed by atoms with E-state index in [2.05, 4.69) is 11.9 Å².